The van der Waals surface area contributed by atoms with Crippen LogP contribution in [-0.2, 0) is 21.2 Å². The van der Waals surface area contributed by atoms with Gasteiger partial charge in [0.1, 0.15) is 0 Å². The van der Waals surface area contributed by atoms with Crippen LogP contribution in [0.4, 0.5) is 0 Å². The number of piperidine rings is 1. The summed E-state index contributed by atoms with van der Waals surface area (Å²) in [6, 6.07) is 15.6. The number of carbonyl (C=O) groups excluding carboxylic acids is 2. The summed E-state index contributed by atoms with van der Waals surface area (Å²) in [6.07, 6.45) is 4.67. The molecule has 3 aromatic rings. The maximum Gasteiger partial charge on any atom is 0.251 e. The minimum atomic E-state index is -3.72. The number of sulfonamides is 1. The fourth-order valence-corrected chi connectivity index (χ4v) is 6.16. The summed E-state index contributed by atoms with van der Waals surface area (Å²) < 4.78 is 27.9. The van der Waals surface area contributed by atoms with Gasteiger partial charge < -0.3 is 10.6 Å². The molecule has 2 unspecified atom stereocenters. The Labute approximate surface area is 211 Å². The first-order chi connectivity index (χ1) is 17.3. The normalized spacial score (nSPS) is 18.5. The molecule has 0 bridgehead atoms. The van der Waals surface area contributed by atoms with E-state index in [1.807, 2.05) is 37.3 Å². The van der Waals surface area contributed by atoms with E-state index in [9.17, 15) is 18.0 Å². The second-order valence-corrected chi connectivity index (χ2v) is 10.9. The maximum atomic E-state index is 13.2. The lowest BCUT2D eigenvalue weighted by Crippen LogP contribution is -2.50. The number of rotatable bonds is 8. The molecule has 0 aliphatic carbocycles. The van der Waals surface area contributed by atoms with Crippen LogP contribution in [0.15, 0.2) is 78.3 Å². The minimum Gasteiger partial charge on any atom is -0.352 e. The third-order valence-electron chi connectivity index (χ3n) is 6.44. The lowest BCUT2D eigenvalue weighted by atomic mass is 10.0. The van der Waals surface area contributed by atoms with Gasteiger partial charge in [-0.1, -0.05) is 24.8 Å². The molecule has 2 amide bonds. The van der Waals surface area contributed by atoms with Crippen molar-refractivity contribution in [1.29, 1.82) is 0 Å². The molecular formula is C27H30N4O4S. The van der Waals surface area contributed by atoms with Crippen molar-refractivity contribution in [2.24, 2.45) is 0 Å². The average molecular weight is 507 g/mol. The first-order valence-corrected chi connectivity index (χ1v) is 13.4. The molecular weight excluding hydrogens is 476 g/mol. The SMILES string of the molecule is C=CC(=O)NC1CCN(S(=O)(=O)c2ccc(C(=O)NCCc3ccc4cccnc4c3)cc2)C(C)C1. The van der Waals surface area contributed by atoms with Crippen LogP contribution in [0.2, 0.25) is 0 Å². The van der Waals surface area contributed by atoms with Crippen LogP contribution in [0, 0.1) is 0 Å². The van der Waals surface area contributed by atoms with Crippen LogP contribution < -0.4 is 10.6 Å². The minimum absolute atomic E-state index is 0.0890. The van der Waals surface area contributed by atoms with Crippen LogP contribution >= 0.6 is 0 Å². The Bertz CT molecular complexity index is 1370. The Morgan fingerprint density at radius 2 is 1.94 bits per heavy atom. The van der Waals surface area contributed by atoms with Gasteiger partial charge in [0.2, 0.25) is 15.9 Å². The van der Waals surface area contributed by atoms with E-state index in [0.29, 0.717) is 37.9 Å². The number of aromatic nitrogens is 1. The summed E-state index contributed by atoms with van der Waals surface area (Å²) in [6.45, 7) is 6.03. The summed E-state index contributed by atoms with van der Waals surface area (Å²) in [4.78, 5) is 28.6. The fraction of sp³-hybridized carbons (Fsp3) is 0.296. The third-order valence-corrected chi connectivity index (χ3v) is 8.47. The van der Waals surface area contributed by atoms with E-state index < -0.39 is 10.0 Å². The van der Waals surface area contributed by atoms with Gasteiger partial charge in [0.15, 0.2) is 0 Å². The molecule has 0 radical (unpaired) electrons. The van der Waals surface area contributed by atoms with Gasteiger partial charge in [0, 0.05) is 42.3 Å². The van der Waals surface area contributed by atoms with Crippen LogP contribution in [0.25, 0.3) is 10.9 Å². The Kier molecular flexibility index (Phi) is 7.81. The van der Waals surface area contributed by atoms with E-state index in [0.717, 1.165) is 16.5 Å². The first-order valence-electron chi connectivity index (χ1n) is 11.9. The molecule has 1 aromatic heterocycles. The van der Waals surface area contributed by atoms with Crippen molar-refractivity contribution >= 4 is 32.7 Å². The maximum absolute atomic E-state index is 13.2. The van der Waals surface area contributed by atoms with Crippen molar-refractivity contribution < 1.29 is 18.0 Å². The first kappa shape index (κ1) is 25.5. The molecule has 1 saturated heterocycles. The van der Waals surface area contributed by atoms with Crippen LogP contribution in [0.1, 0.15) is 35.7 Å². The molecule has 8 nitrogen and oxygen atoms in total. The molecule has 1 aliphatic heterocycles. The summed E-state index contributed by atoms with van der Waals surface area (Å²) in [7, 11) is -3.72. The Morgan fingerprint density at radius 3 is 2.67 bits per heavy atom. The van der Waals surface area contributed by atoms with Gasteiger partial charge in [-0.25, -0.2) is 8.42 Å². The van der Waals surface area contributed by atoms with Crippen molar-refractivity contribution in [1.82, 2.24) is 19.9 Å². The Balaban J connectivity index is 1.33. The molecule has 2 aromatic carbocycles. The van der Waals surface area contributed by atoms with Gasteiger partial charge in [-0.2, -0.15) is 4.31 Å². The van der Waals surface area contributed by atoms with E-state index in [1.54, 1.807) is 6.20 Å². The van der Waals surface area contributed by atoms with Gasteiger partial charge in [-0.15, -0.1) is 0 Å². The van der Waals surface area contributed by atoms with E-state index >= 15 is 0 Å². The Hall–Kier alpha value is -3.56. The lowest BCUT2D eigenvalue weighted by Gasteiger charge is -2.36. The highest BCUT2D eigenvalue weighted by atomic mass is 32.2. The highest BCUT2D eigenvalue weighted by Crippen LogP contribution is 2.26. The zero-order valence-electron chi connectivity index (χ0n) is 20.2. The van der Waals surface area contributed by atoms with Crippen molar-refractivity contribution in [3.63, 3.8) is 0 Å². The fourth-order valence-electron chi connectivity index (χ4n) is 4.50. The topological polar surface area (TPSA) is 108 Å². The van der Waals surface area contributed by atoms with E-state index in [2.05, 4.69) is 22.2 Å². The van der Waals surface area contributed by atoms with E-state index in [1.165, 1.54) is 34.6 Å². The van der Waals surface area contributed by atoms with E-state index in [4.69, 9.17) is 0 Å². The molecule has 2 heterocycles. The molecule has 1 fully saturated rings. The zero-order chi connectivity index (χ0) is 25.7. The Morgan fingerprint density at radius 1 is 1.17 bits per heavy atom. The molecule has 1 aliphatic rings. The highest BCUT2D eigenvalue weighted by molar-refractivity contribution is 7.89. The number of hydrogen-bond donors (Lipinski definition) is 2. The molecule has 2 atom stereocenters. The summed E-state index contributed by atoms with van der Waals surface area (Å²) in [5, 5.41) is 6.80. The molecule has 0 spiro atoms. The summed E-state index contributed by atoms with van der Waals surface area (Å²) >= 11 is 0. The van der Waals surface area contributed by atoms with E-state index in [-0.39, 0.29) is 28.8 Å². The number of amides is 2. The number of fused-ring (bicyclic) bond motifs is 1. The third kappa shape index (κ3) is 5.80. The van der Waals surface area contributed by atoms with Crippen molar-refractivity contribution in [2.75, 3.05) is 13.1 Å². The number of benzene rings is 2. The van der Waals surface area contributed by atoms with Gasteiger partial charge in [-0.05, 0) is 74.2 Å². The number of carbonyl (C=O) groups is 2. The smallest absolute Gasteiger partial charge is 0.251 e. The molecule has 2 N–H and O–H groups in total. The molecule has 188 valence electrons. The van der Waals surface area contributed by atoms with Crippen molar-refractivity contribution in [3.05, 3.63) is 84.6 Å². The van der Waals surface area contributed by atoms with Gasteiger partial charge in [0.25, 0.3) is 5.91 Å². The number of nitrogens with zero attached hydrogens (tertiary/aromatic N) is 2. The summed E-state index contributed by atoms with van der Waals surface area (Å²) in [5.74, 6) is -0.517. The quantitative estimate of drug-likeness (QED) is 0.457. The van der Waals surface area contributed by atoms with Crippen LogP contribution in [-0.4, -0.2) is 54.7 Å². The van der Waals surface area contributed by atoms with Crippen molar-refractivity contribution in [3.8, 4) is 0 Å². The van der Waals surface area contributed by atoms with Gasteiger partial charge >= 0.3 is 0 Å². The van der Waals surface area contributed by atoms with Crippen molar-refractivity contribution in [2.45, 2.75) is 43.2 Å². The molecule has 4 rings (SSSR count). The molecule has 36 heavy (non-hydrogen) atoms. The van der Waals surface area contributed by atoms with Crippen LogP contribution in [0.3, 0.4) is 0 Å². The number of nitrogens with one attached hydrogen (secondary N) is 2. The standard InChI is InChI=1S/C27H30N4O4S/c1-3-26(32)30-23-13-16-31(19(2)17-23)36(34,35)24-10-8-22(9-11-24)27(33)29-15-12-20-6-7-21-5-4-14-28-25(21)18-20/h3-11,14,18-19,23H,1,12-13,15-17H2,2H3,(H,29,33)(H,30,32). The molecule has 9 heteroatoms. The predicted octanol–water partition coefficient (Wildman–Crippen LogP) is 3.05. The number of hydrogen-bond acceptors (Lipinski definition) is 5. The summed E-state index contributed by atoms with van der Waals surface area (Å²) in [5.41, 5.74) is 2.39. The van der Waals surface area contributed by atoms with Gasteiger partial charge in [0.05, 0.1) is 10.4 Å². The monoisotopic (exact) mass is 506 g/mol. The largest absolute Gasteiger partial charge is 0.352 e. The predicted molar refractivity (Wildman–Crippen MR) is 139 cm³/mol. The second-order valence-electron chi connectivity index (χ2n) is 8.96. The van der Waals surface area contributed by atoms with Gasteiger partial charge in [-0.3, -0.25) is 14.6 Å². The average Bonchev–Trinajstić information content (AvgIpc) is 2.88. The molecule has 0 saturated carbocycles. The number of pyridine rings is 1. The highest BCUT2D eigenvalue weighted by Gasteiger charge is 2.34. The second kappa shape index (κ2) is 11.0. The zero-order valence-corrected chi connectivity index (χ0v) is 21.0. The van der Waals surface area contributed by atoms with Crippen LogP contribution in [0.5, 0.6) is 0 Å². The lowest BCUT2D eigenvalue weighted by molar-refractivity contribution is -0.117.